The Balaban J connectivity index is 2.24. The van der Waals surface area contributed by atoms with Crippen LogP contribution >= 0.6 is 0 Å². The summed E-state index contributed by atoms with van der Waals surface area (Å²) in [7, 11) is 0. The van der Waals surface area contributed by atoms with E-state index in [-0.39, 0.29) is 17.6 Å². The van der Waals surface area contributed by atoms with E-state index < -0.39 is 0 Å². The molecule has 1 unspecified atom stereocenters. The van der Waals surface area contributed by atoms with E-state index in [1.165, 1.54) is 0 Å². The van der Waals surface area contributed by atoms with E-state index in [0.717, 1.165) is 6.42 Å². The van der Waals surface area contributed by atoms with Crippen LogP contribution in [0.2, 0.25) is 0 Å². The van der Waals surface area contributed by atoms with Crippen molar-refractivity contribution >= 4 is 11.7 Å². The second-order valence-electron chi connectivity index (χ2n) is 4.26. The van der Waals surface area contributed by atoms with Gasteiger partial charge in [0.2, 0.25) is 5.91 Å². The molecule has 0 radical (unpaired) electrons. The molecule has 1 heterocycles. The van der Waals surface area contributed by atoms with Crippen molar-refractivity contribution in [1.82, 2.24) is 4.90 Å². The van der Waals surface area contributed by atoms with Gasteiger partial charge >= 0.3 is 0 Å². The van der Waals surface area contributed by atoms with Gasteiger partial charge in [0.1, 0.15) is 5.78 Å². The van der Waals surface area contributed by atoms with Gasteiger partial charge in [-0.3, -0.25) is 9.59 Å². The molecule has 0 aromatic rings. The highest BCUT2D eigenvalue weighted by Crippen LogP contribution is 2.13. The highest BCUT2D eigenvalue weighted by molar-refractivity contribution is 5.85. The topological polar surface area (TPSA) is 46.6 Å². The van der Waals surface area contributed by atoms with Crippen LogP contribution in [0.1, 0.15) is 33.1 Å². The minimum Gasteiger partial charge on any atom is -0.382 e. The standard InChI is InChI=1S/C12H21NO3/c1-3-16-8-4-5-12(15)13-7-6-11(14)10(2)9-13/h10H,3-9H2,1-2H3. The van der Waals surface area contributed by atoms with Crippen molar-refractivity contribution in [2.75, 3.05) is 26.3 Å². The average molecular weight is 227 g/mol. The van der Waals surface area contributed by atoms with Crippen LogP contribution in [0.4, 0.5) is 0 Å². The van der Waals surface area contributed by atoms with E-state index in [1.807, 2.05) is 13.8 Å². The van der Waals surface area contributed by atoms with E-state index in [9.17, 15) is 9.59 Å². The molecule has 1 aliphatic heterocycles. The molecule has 1 atom stereocenters. The second kappa shape index (κ2) is 6.63. The molecule has 16 heavy (non-hydrogen) atoms. The lowest BCUT2D eigenvalue weighted by Crippen LogP contribution is -2.43. The highest BCUT2D eigenvalue weighted by Gasteiger charge is 2.25. The first-order valence-electron chi connectivity index (χ1n) is 6.03. The Morgan fingerprint density at radius 3 is 2.94 bits per heavy atom. The SMILES string of the molecule is CCOCCCC(=O)N1CCC(=O)C(C)C1. The average Bonchev–Trinajstić information content (AvgIpc) is 2.28. The second-order valence-corrected chi connectivity index (χ2v) is 4.26. The number of likely N-dealkylation sites (tertiary alicyclic amines) is 1. The van der Waals surface area contributed by atoms with E-state index in [2.05, 4.69) is 0 Å². The third-order valence-corrected chi connectivity index (χ3v) is 2.91. The Labute approximate surface area is 96.9 Å². The number of hydrogen-bond donors (Lipinski definition) is 0. The van der Waals surface area contributed by atoms with Crippen LogP contribution in [0.3, 0.4) is 0 Å². The molecule has 1 rings (SSSR count). The Kier molecular flexibility index (Phi) is 5.46. The van der Waals surface area contributed by atoms with Gasteiger partial charge in [0.25, 0.3) is 0 Å². The number of rotatable bonds is 5. The Hall–Kier alpha value is -0.900. The smallest absolute Gasteiger partial charge is 0.222 e. The van der Waals surface area contributed by atoms with E-state index in [4.69, 9.17) is 4.74 Å². The molecule has 0 saturated carbocycles. The molecule has 1 aliphatic rings. The fraction of sp³-hybridized carbons (Fsp3) is 0.833. The zero-order chi connectivity index (χ0) is 12.0. The Morgan fingerprint density at radius 1 is 1.56 bits per heavy atom. The third-order valence-electron chi connectivity index (χ3n) is 2.91. The number of hydrogen-bond acceptors (Lipinski definition) is 3. The maximum atomic E-state index is 11.8. The monoisotopic (exact) mass is 227 g/mol. The summed E-state index contributed by atoms with van der Waals surface area (Å²) in [6.07, 6.45) is 1.81. The van der Waals surface area contributed by atoms with Crippen molar-refractivity contribution in [2.45, 2.75) is 33.1 Å². The van der Waals surface area contributed by atoms with Gasteiger partial charge in [-0.15, -0.1) is 0 Å². The van der Waals surface area contributed by atoms with Gasteiger partial charge < -0.3 is 9.64 Å². The molecule has 1 saturated heterocycles. The number of carbonyl (C=O) groups is 2. The zero-order valence-corrected chi connectivity index (χ0v) is 10.2. The van der Waals surface area contributed by atoms with Gasteiger partial charge in [0.05, 0.1) is 0 Å². The van der Waals surface area contributed by atoms with E-state index in [1.54, 1.807) is 4.90 Å². The largest absolute Gasteiger partial charge is 0.382 e. The van der Waals surface area contributed by atoms with E-state index >= 15 is 0 Å². The zero-order valence-electron chi connectivity index (χ0n) is 10.2. The summed E-state index contributed by atoms with van der Waals surface area (Å²) < 4.78 is 5.18. The molecule has 92 valence electrons. The van der Waals surface area contributed by atoms with Gasteiger partial charge in [-0.1, -0.05) is 6.92 Å². The molecule has 0 spiro atoms. The summed E-state index contributed by atoms with van der Waals surface area (Å²) in [6, 6.07) is 0. The summed E-state index contributed by atoms with van der Waals surface area (Å²) in [5.41, 5.74) is 0. The molecule has 0 N–H and O–H groups in total. The van der Waals surface area contributed by atoms with Gasteiger partial charge in [-0.2, -0.15) is 0 Å². The summed E-state index contributed by atoms with van der Waals surface area (Å²) >= 11 is 0. The van der Waals surface area contributed by atoms with Crippen molar-refractivity contribution in [3.8, 4) is 0 Å². The summed E-state index contributed by atoms with van der Waals surface area (Å²) in [5.74, 6) is 0.432. The van der Waals surface area contributed by atoms with Crippen molar-refractivity contribution in [2.24, 2.45) is 5.92 Å². The van der Waals surface area contributed by atoms with Crippen molar-refractivity contribution in [3.05, 3.63) is 0 Å². The summed E-state index contributed by atoms with van der Waals surface area (Å²) in [4.78, 5) is 24.9. The fourth-order valence-corrected chi connectivity index (χ4v) is 1.87. The number of nitrogens with zero attached hydrogens (tertiary/aromatic N) is 1. The predicted octanol–water partition coefficient (Wildman–Crippen LogP) is 1.24. The van der Waals surface area contributed by atoms with Gasteiger partial charge in [-0.05, 0) is 13.3 Å². The minimum atomic E-state index is 0.00425. The molecule has 1 fully saturated rings. The normalized spacial score (nSPS) is 21.2. The molecule has 1 amide bonds. The summed E-state index contributed by atoms with van der Waals surface area (Å²) in [6.45, 7) is 6.36. The highest BCUT2D eigenvalue weighted by atomic mass is 16.5. The quantitative estimate of drug-likeness (QED) is 0.664. The fourth-order valence-electron chi connectivity index (χ4n) is 1.87. The molecular weight excluding hydrogens is 206 g/mol. The van der Waals surface area contributed by atoms with E-state index in [0.29, 0.717) is 39.1 Å². The van der Waals surface area contributed by atoms with Crippen LogP contribution in [0.15, 0.2) is 0 Å². The lowest BCUT2D eigenvalue weighted by Gasteiger charge is -2.30. The predicted molar refractivity (Wildman–Crippen MR) is 61.1 cm³/mol. The van der Waals surface area contributed by atoms with Crippen LogP contribution in [0.25, 0.3) is 0 Å². The first-order valence-corrected chi connectivity index (χ1v) is 6.03. The maximum Gasteiger partial charge on any atom is 0.222 e. The van der Waals surface area contributed by atoms with Crippen LogP contribution in [0.5, 0.6) is 0 Å². The number of piperidine rings is 1. The van der Waals surface area contributed by atoms with Gasteiger partial charge in [-0.25, -0.2) is 0 Å². The number of Topliss-reactive ketones (excluding diaryl/α,β-unsaturated/α-hetero) is 1. The molecular formula is C12H21NO3. The molecule has 4 heteroatoms. The van der Waals surface area contributed by atoms with Crippen molar-refractivity contribution < 1.29 is 14.3 Å². The number of ketones is 1. The van der Waals surface area contributed by atoms with Crippen LogP contribution in [0, 0.1) is 5.92 Å². The molecule has 0 aromatic carbocycles. The minimum absolute atomic E-state index is 0.00425. The molecule has 4 nitrogen and oxygen atoms in total. The van der Waals surface area contributed by atoms with Crippen LogP contribution < -0.4 is 0 Å². The first-order chi connectivity index (χ1) is 7.65. The van der Waals surface area contributed by atoms with Crippen LogP contribution in [-0.2, 0) is 14.3 Å². The number of ether oxygens (including phenoxy) is 1. The maximum absolute atomic E-state index is 11.8. The lowest BCUT2D eigenvalue weighted by molar-refractivity contribution is -0.137. The van der Waals surface area contributed by atoms with Crippen molar-refractivity contribution in [3.63, 3.8) is 0 Å². The lowest BCUT2D eigenvalue weighted by atomic mass is 9.98. The molecule has 0 bridgehead atoms. The molecule has 0 aliphatic carbocycles. The van der Waals surface area contributed by atoms with Gasteiger partial charge in [0.15, 0.2) is 0 Å². The van der Waals surface area contributed by atoms with Crippen LogP contribution in [-0.4, -0.2) is 42.9 Å². The third kappa shape index (κ3) is 3.93. The molecule has 0 aromatic heterocycles. The Morgan fingerprint density at radius 2 is 2.31 bits per heavy atom. The number of amides is 1. The van der Waals surface area contributed by atoms with Gasteiger partial charge in [0, 0.05) is 45.1 Å². The number of carbonyl (C=O) groups excluding carboxylic acids is 2. The first kappa shape index (κ1) is 13.2. The summed E-state index contributed by atoms with van der Waals surface area (Å²) in [5, 5.41) is 0. The van der Waals surface area contributed by atoms with Crippen molar-refractivity contribution in [1.29, 1.82) is 0 Å². The Bertz CT molecular complexity index is 253.